The Bertz CT molecular complexity index is 638. The lowest BCUT2D eigenvalue weighted by Gasteiger charge is -2.33. The van der Waals surface area contributed by atoms with Gasteiger partial charge < -0.3 is 20.9 Å². The lowest BCUT2D eigenvalue weighted by atomic mass is 10.0. The summed E-state index contributed by atoms with van der Waals surface area (Å²) in [4.78, 5) is 26.3. The van der Waals surface area contributed by atoms with Crippen LogP contribution in [0.25, 0.3) is 0 Å². The van der Waals surface area contributed by atoms with E-state index in [0.717, 1.165) is 25.1 Å². The summed E-state index contributed by atoms with van der Waals surface area (Å²) < 4.78 is 0. The largest absolute Gasteiger partial charge is 0.338 e. The van der Waals surface area contributed by atoms with E-state index in [-0.39, 0.29) is 18.4 Å². The Morgan fingerprint density at radius 2 is 2.00 bits per heavy atom. The maximum absolute atomic E-state index is 12.0. The van der Waals surface area contributed by atoms with Gasteiger partial charge in [0.15, 0.2) is 0 Å². The van der Waals surface area contributed by atoms with Crippen LogP contribution in [0, 0.1) is 6.92 Å². The third-order valence-corrected chi connectivity index (χ3v) is 5.44. The van der Waals surface area contributed by atoms with Crippen molar-refractivity contribution in [3.05, 3.63) is 28.8 Å². The highest BCUT2D eigenvalue weighted by atomic mass is 35.5. The zero-order valence-corrected chi connectivity index (χ0v) is 17.1. The second kappa shape index (κ2) is 11.1. The predicted octanol–water partition coefficient (Wildman–Crippen LogP) is 3.54. The lowest BCUT2D eigenvalue weighted by Crippen LogP contribution is -2.41. The summed E-state index contributed by atoms with van der Waals surface area (Å²) in [6.07, 6.45) is 5.01. The average Bonchev–Trinajstić information content (AvgIpc) is 2.64. The van der Waals surface area contributed by atoms with Crippen molar-refractivity contribution in [2.24, 2.45) is 0 Å². The number of likely N-dealkylation sites (tertiary alicyclic amines) is 1. The van der Waals surface area contributed by atoms with E-state index in [0.29, 0.717) is 29.8 Å². The van der Waals surface area contributed by atoms with E-state index in [4.69, 9.17) is 11.6 Å². The van der Waals surface area contributed by atoms with Crippen LogP contribution in [0.3, 0.4) is 0 Å². The van der Waals surface area contributed by atoms with E-state index in [9.17, 15) is 9.59 Å². The van der Waals surface area contributed by atoms with Crippen molar-refractivity contribution in [1.29, 1.82) is 0 Å². The van der Waals surface area contributed by atoms with Crippen LogP contribution < -0.4 is 16.0 Å². The molecule has 1 aromatic rings. The summed E-state index contributed by atoms with van der Waals surface area (Å²) in [6, 6.07) is 5.80. The Kier molecular flexibility index (Phi) is 8.88. The minimum Gasteiger partial charge on any atom is -0.338 e. The van der Waals surface area contributed by atoms with Crippen LogP contribution in [-0.4, -0.2) is 49.1 Å². The second-order valence-corrected chi connectivity index (χ2v) is 7.53. The van der Waals surface area contributed by atoms with Crippen molar-refractivity contribution in [1.82, 2.24) is 15.5 Å². The molecule has 0 radical (unpaired) electrons. The molecule has 0 aliphatic carbocycles. The molecule has 0 aromatic heterocycles. The number of nitrogens with zero attached hydrogens (tertiary/aromatic N) is 1. The van der Waals surface area contributed by atoms with E-state index in [1.54, 1.807) is 12.1 Å². The SMILES string of the molecule is Cc1c(Cl)cccc1NC(=O)CCNC(=O)NCCCN1CCCCC1C. The number of piperidine rings is 1. The monoisotopic (exact) mass is 394 g/mol. The first-order valence-electron chi connectivity index (χ1n) is 9.78. The van der Waals surface area contributed by atoms with Crippen molar-refractivity contribution in [3.8, 4) is 0 Å². The van der Waals surface area contributed by atoms with Gasteiger partial charge in [0.2, 0.25) is 5.91 Å². The number of carbonyl (C=O) groups excluding carboxylic acids is 2. The number of anilines is 1. The molecular weight excluding hydrogens is 364 g/mol. The van der Waals surface area contributed by atoms with Gasteiger partial charge >= 0.3 is 6.03 Å². The van der Waals surface area contributed by atoms with Gasteiger partial charge in [-0.05, 0) is 57.4 Å². The van der Waals surface area contributed by atoms with Crippen molar-refractivity contribution in [3.63, 3.8) is 0 Å². The van der Waals surface area contributed by atoms with Gasteiger partial charge in [-0.1, -0.05) is 24.1 Å². The summed E-state index contributed by atoms with van der Waals surface area (Å²) in [7, 11) is 0. The molecule has 1 unspecified atom stereocenters. The molecule has 1 aliphatic rings. The highest BCUT2D eigenvalue weighted by molar-refractivity contribution is 6.31. The number of carbonyl (C=O) groups is 2. The molecule has 150 valence electrons. The van der Waals surface area contributed by atoms with E-state index in [2.05, 4.69) is 27.8 Å². The molecular formula is C20H31ClN4O2. The van der Waals surface area contributed by atoms with E-state index >= 15 is 0 Å². The Morgan fingerprint density at radius 3 is 2.78 bits per heavy atom. The summed E-state index contributed by atoms with van der Waals surface area (Å²) in [5, 5.41) is 9.01. The zero-order chi connectivity index (χ0) is 19.6. The predicted molar refractivity (Wildman–Crippen MR) is 110 cm³/mol. The average molecular weight is 395 g/mol. The number of benzene rings is 1. The van der Waals surface area contributed by atoms with Gasteiger partial charge in [-0.25, -0.2) is 4.79 Å². The Morgan fingerprint density at radius 1 is 1.22 bits per heavy atom. The highest BCUT2D eigenvalue weighted by Gasteiger charge is 2.17. The fourth-order valence-electron chi connectivity index (χ4n) is 3.28. The van der Waals surface area contributed by atoms with Crippen LogP contribution in [-0.2, 0) is 4.79 Å². The molecule has 1 aliphatic heterocycles. The van der Waals surface area contributed by atoms with Crippen LogP contribution in [0.15, 0.2) is 18.2 Å². The van der Waals surface area contributed by atoms with E-state index in [1.165, 1.54) is 19.3 Å². The molecule has 7 heteroatoms. The lowest BCUT2D eigenvalue weighted by molar-refractivity contribution is -0.116. The molecule has 3 N–H and O–H groups in total. The number of amides is 3. The molecule has 1 saturated heterocycles. The normalized spacial score (nSPS) is 17.4. The number of halogens is 1. The minimum absolute atomic E-state index is 0.153. The molecule has 1 heterocycles. The molecule has 0 spiro atoms. The number of rotatable bonds is 8. The standard InChI is InChI=1S/C20H31ClN4O2/c1-15-7-3-4-13-25(15)14-6-11-22-20(27)23-12-10-19(26)24-18-9-5-8-17(21)16(18)2/h5,8-9,15H,3-4,6-7,10-14H2,1-2H3,(H,24,26)(H2,22,23,27). The molecule has 1 fully saturated rings. The van der Waals surface area contributed by atoms with Crippen molar-refractivity contribution in [2.75, 3.05) is 31.5 Å². The zero-order valence-electron chi connectivity index (χ0n) is 16.3. The van der Waals surface area contributed by atoms with E-state index < -0.39 is 0 Å². The maximum atomic E-state index is 12.0. The first-order chi connectivity index (χ1) is 13.0. The van der Waals surface area contributed by atoms with Gasteiger partial charge in [0.1, 0.15) is 0 Å². The smallest absolute Gasteiger partial charge is 0.314 e. The molecule has 3 amide bonds. The number of hydrogen-bond donors (Lipinski definition) is 3. The molecule has 0 bridgehead atoms. The van der Waals surface area contributed by atoms with Gasteiger partial charge in [-0.3, -0.25) is 4.79 Å². The van der Waals surface area contributed by atoms with Crippen molar-refractivity contribution < 1.29 is 9.59 Å². The van der Waals surface area contributed by atoms with Crippen LogP contribution in [0.4, 0.5) is 10.5 Å². The quantitative estimate of drug-likeness (QED) is 0.590. The van der Waals surface area contributed by atoms with Crippen molar-refractivity contribution in [2.45, 2.75) is 52.0 Å². The topological polar surface area (TPSA) is 73.5 Å². The summed E-state index contributed by atoms with van der Waals surface area (Å²) in [5.74, 6) is -0.153. The molecule has 1 aromatic carbocycles. The van der Waals surface area contributed by atoms with Crippen LogP contribution in [0.5, 0.6) is 0 Å². The van der Waals surface area contributed by atoms with Crippen LogP contribution >= 0.6 is 11.6 Å². The number of hydrogen-bond acceptors (Lipinski definition) is 3. The first kappa shape index (κ1) is 21.5. The molecule has 0 saturated carbocycles. The van der Waals surface area contributed by atoms with Gasteiger partial charge in [0, 0.05) is 42.8 Å². The summed E-state index contributed by atoms with van der Waals surface area (Å²) in [5.41, 5.74) is 1.53. The van der Waals surface area contributed by atoms with Gasteiger partial charge in [0.25, 0.3) is 0 Å². The third-order valence-electron chi connectivity index (χ3n) is 5.03. The second-order valence-electron chi connectivity index (χ2n) is 7.13. The molecule has 2 rings (SSSR count). The van der Waals surface area contributed by atoms with Crippen LogP contribution in [0.1, 0.15) is 44.6 Å². The Labute approximate surface area is 167 Å². The number of urea groups is 1. The highest BCUT2D eigenvalue weighted by Crippen LogP contribution is 2.22. The fraction of sp³-hybridized carbons (Fsp3) is 0.600. The molecule has 6 nitrogen and oxygen atoms in total. The van der Waals surface area contributed by atoms with Gasteiger partial charge in [-0.15, -0.1) is 0 Å². The summed E-state index contributed by atoms with van der Waals surface area (Å²) in [6.45, 7) is 7.24. The first-order valence-corrected chi connectivity index (χ1v) is 10.2. The van der Waals surface area contributed by atoms with E-state index in [1.807, 2.05) is 13.0 Å². The Balaban J connectivity index is 1.56. The summed E-state index contributed by atoms with van der Waals surface area (Å²) >= 11 is 6.04. The van der Waals surface area contributed by atoms with Crippen molar-refractivity contribution >= 4 is 29.2 Å². The maximum Gasteiger partial charge on any atom is 0.314 e. The Hall–Kier alpha value is -1.79. The van der Waals surface area contributed by atoms with Gasteiger partial charge in [0.05, 0.1) is 0 Å². The van der Waals surface area contributed by atoms with Gasteiger partial charge in [-0.2, -0.15) is 0 Å². The molecule has 1 atom stereocenters. The number of nitrogens with one attached hydrogen (secondary N) is 3. The molecule has 27 heavy (non-hydrogen) atoms. The minimum atomic E-state index is -0.228. The van der Waals surface area contributed by atoms with Crippen LogP contribution in [0.2, 0.25) is 5.02 Å². The fourth-order valence-corrected chi connectivity index (χ4v) is 3.46. The third kappa shape index (κ3) is 7.39.